The van der Waals surface area contributed by atoms with Gasteiger partial charge in [0.05, 0.1) is 16.3 Å². The summed E-state index contributed by atoms with van der Waals surface area (Å²) in [6.07, 6.45) is 1.70. The molecule has 1 fully saturated rings. The topological polar surface area (TPSA) is 98.2 Å². The van der Waals surface area contributed by atoms with E-state index < -0.39 is 0 Å². The first-order chi connectivity index (χ1) is 15.7. The zero-order valence-corrected chi connectivity index (χ0v) is 18.4. The molecule has 10 heteroatoms. The number of aliphatic imine (C=N–C) groups is 1. The van der Waals surface area contributed by atoms with Crippen molar-refractivity contribution in [2.45, 2.75) is 17.2 Å². The van der Waals surface area contributed by atoms with E-state index in [-0.39, 0.29) is 5.91 Å². The van der Waals surface area contributed by atoms with Crippen LogP contribution in [0, 0.1) is 6.92 Å². The van der Waals surface area contributed by atoms with Crippen LogP contribution in [0.3, 0.4) is 0 Å². The highest BCUT2D eigenvalue weighted by atomic mass is 32.2. The first-order valence-electron chi connectivity index (χ1n) is 9.62. The Bertz CT molecular complexity index is 1340. The first kappa shape index (κ1) is 20.3. The van der Waals surface area contributed by atoms with Crippen LogP contribution in [0.25, 0.3) is 11.8 Å². The molecule has 32 heavy (non-hydrogen) atoms. The molecule has 1 saturated heterocycles. The molecular formula is C22H16N6O2S2. The monoisotopic (exact) mass is 460 g/mol. The first-order valence-corrected chi connectivity index (χ1v) is 11.3. The summed E-state index contributed by atoms with van der Waals surface area (Å²) in [6.45, 7) is 1.98. The van der Waals surface area contributed by atoms with Crippen molar-refractivity contribution in [1.29, 1.82) is 0 Å². The normalized spacial score (nSPS) is 16.1. The van der Waals surface area contributed by atoms with E-state index in [4.69, 9.17) is 4.42 Å². The molecular weight excluding hydrogens is 444 g/mol. The Labute approximate surface area is 191 Å². The third-order valence-electron chi connectivity index (χ3n) is 4.50. The average molecular weight is 461 g/mol. The average Bonchev–Trinajstić information content (AvgIpc) is 3.52. The number of carbonyl (C=O) groups is 1. The van der Waals surface area contributed by atoms with E-state index in [0.717, 1.165) is 16.9 Å². The lowest BCUT2D eigenvalue weighted by Crippen LogP contribution is -2.19. The summed E-state index contributed by atoms with van der Waals surface area (Å²) in [5.74, 6) is 0.349. The highest BCUT2D eigenvalue weighted by Crippen LogP contribution is 2.32. The van der Waals surface area contributed by atoms with E-state index in [2.05, 4.69) is 25.8 Å². The molecule has 0 aliphatic carbocycles. The number of hydrogen-bond donors (Lipinski definition) is 1. The van der Waals surface area contributed by atoms with Gasteiger partial charge in [-0.2, -0.15) is 4.68 Å². The number of amides is 1. The summed E-state index contributed by atoms with van der Waals surface area (Å²) in [6, 6.07) is 21.0. The van der Waals surface area contributed by atoms with Gasteiger partial charge in [-0.25, -0.2) is 4.99 Å². The van der Waals surface area contributed by atoms with Gasteiger partial charge < -0.3 is 9.73 Å². The van der Waals surface area contributed by atoms with Crippen LogP contribution < -0.4 is 5.32 Å². The fraction of sp³-hybridized carbons (Fsp3) is 0.0455. The predicted molar refractivity (Wildman–Crippen MR) is 124 cm³/mol. The van der Waals surface area contributed by atoms with Gasteiger partial charge in [0.25, 0.3) is 5.91 Å². The van der Waals surface area contributed by atoms with Crippen LogP contribution in [0.15, 0.2) is 91.3 Å². The summed E-state index contributed by atoms with van der Waals surface area (Å²) in [7, 11) is 0. The number of nitrogens with one attached hydrogen (secondary N) is 1. The number of aryl methyl sites for hydroxylation is 1. The molecule has 0 radical (unpaired) electrons. The molecule has 0 atom stereocenters. The summed E-state index contributed by atoms with van der Waals surface area (Å²) < 4.78 is 7.51. The summed E-state index contributed by atoms with van der Waals surface area (Å²) in [5, 5.41) is 16.4. The van der Waals surface area contributed by atoms with E-state index in [9.17, 15) is 4.79 Å². The SMILES string of the molecule is Cc1ccccc1N=C1NC(=O)/C(=C/c2ccc(Sc3nnnn3-c3ccccc3)o2)S1. The highest BCUT2D eigenvalue weighted by Gasteiger charge is 2.24. The lowest BCUT2D eigenvalue weighted by atomic mass is 10.2. The Balaban J connectivity index is 1.32. The van der Waals surface area contributed by atoms with Crippen molar-refractivity contribution in [3.05, 3.63) is 83.0 Å². The number of thioether (sulfide) groups is 1. The molecule has 8 nitrogen and oxygen atoms in total. The van der Waals surface area contributed by atoms with Gasteiger partial charge in [-0.15, -0.1) is 5.10 Å². The van der Waals surface area contributed by atoms with Crippen LogP contribution in [0.2, 0.25) is 0 Å². The van der Waals surface area contributed by atoms with Crippen LogP contribution in [-0.2, 0) is 4.79 Å². The standard InChI is InChI=1S/C22H16N6O2S2/c1-14-7-5-6-10-17(14)23-21-24-20(29)18(31-21)13-16-11-12-19(30-16)32-22-25-26-27-28(22)15-8-3-2-4-9-15/h2-13H,1H3,(H,23,24,29)/b18-13-. The van der Waals surface area contributed by atoms with Gasteiger partial charge in [0.2, 0.25) is 5.16 Å². The van der Waals surface area contributed by atoms with Crippen LogP contribution in [0.4, 0.5) is 5.69 Å². The molecule has 2 aromatic carbocycles. The predicted octanol–water partition coefficient (Wildman–Crippen LogP) is 4.61. The van der Waals surface area contributed by atoms with E-state index in [1.54, 1.807) is 16.8 Å². The highest BCUT2D eigenvalue weighted by molar-refractivity contribution is 8.18. The van der Waals surface area contributed by atoms with Gasteiger partial charge in [-0.1, -0.05) is 36.4 Å². The number of rotatable bonds is 5. The molecule has 0 spiro atoms. The maximum atomic E-state index is 12.4. The molecule has 1 amide bonds. The molecule has 1 aliphatic rings. The Hall–Kier alpha value is -3.63. The Kier molecular flexibility index (Phi) is 5.61. The minimum atomic E-state index is -0.207. The largest absolute Gasteiger partial charge is 0.450 e. The number of benzene rings is 2. The molecule has 158 valence electrons. The summed E-state index contributed by atoms with van der Waals surface area (Å²) >= 11 is 2.58. The number of amidine groups is 1. The molecule has 0 saturated carbocycles. The van der Waals surface area contributed by atoms with E-state index >= 15 is 0 Å². The second-order valence-electron chi connectivity index (χ2n) is 6.74. The molecule has 0 bridgehead atoms. The van der Waals surface area contributed by atoms with Crippen molar-refractivity contribution < 1.29 is 9.21 Å². The maximum absolute atomic E-state index is 12.4. The Morgan fingerprint density at radius 3 is 2.75 bits per heavy atom. The van der Waals surface area contributed by atoms with Crippen molar-refractivity contribution in [1.82, 2.24) is 25.5 Å². The van der Waals surface area contributed by atoms with Gasteiger partial charge in [-0.05, 0) is 76.8 Å². The minimum Gasteiger partial charge on any atom is -0.450 e. The van der Waals surface area contributed by atoms with Gasteiger partial charge >= 0.3 is 0 Å². The zero-order valence-electron chi connectivity index (χ0n) is 16.8. The van der Waals surface area contributed by atoms with E-state index in [1.165, 1.54) is 23.5 Å². The second kappa shape index (κ2) is 8.85. The van der Waals surface area contributed by atoms with Crippen LogP contribution in [-0.4, -0.2) is 31.3 Å². The third kappa shape index (κ3) is 4.36. The number of carbonyl (C=O) groups excluding carboxylic acids is 1. The van der Waals surface area contributed by atoms with Crippen molar-refractivity contribution >= 4 is 46.4 Å². The smallest absolute Gasteiger partial charge is 0.264 e. The Morgan fingerprint density at radius 2 is 1.91 bits per heavy atom. The minimum absolute atomic E-state index is 0.207. The van der Waals surface area contributed by atoms with Crippen LogP contribution >= 0.6 is 23.5 Å². The molecule has 2 aromatic heterocycles. The molecule has 5 rings (SSSR count). The lowest BCUT2D eigenvalue weighted by molar-refractivity contribution is -0.115. The van der Waals surface area contributed by atoms with Crippen molar-refractivity contribution in [3.63, 3.8) is 0 Å². The molecule has 1 N–H and O–H groups in total. The molecule has 3 heterocycles. The zero-order chi connectivity index (χ0) is 21.9. The van der Waals surface area contributed by atoms with Gasteiger partial charge in [0.15, 0.2) is 10.3 Å². The number of nitrogens with zero attached hydrogens (tertiary/aromatic N) is 5. The molecule has 0 unspecified atom stereocenters. The van der Waals surface area contributed by atoms with Crippen molar-refractivity contribution in [2.24, 2.45) is 4.99 Å². The summed E-state index contributed by atoms with van der Waals surface area (Å²) in [4.78, 5) is 17.4. The second-order valence-corrected chi connectivity index (χ2v) is 8.74. The van der Waals surface area contributed by atoms with Gasteiger partial charge in [0.1, 0.15) is 5.76 Å². The quantitative estimate of drug-likeness (QED) is 0.434. The number of hydrogen-bond acceptors (Lipinski definition) is 8. The Morgan fingerprint density at radius 1 is 1.09 bits per heavy atom. The van der Waals surface area contributed by atoms with E-state index in [1.807, 2.05) is 67.6 Å². The number of para-hydroxylation sites is 2. The summed E-state index contributed by atoms with van der Waals surface area (Å²) in [5.41, 5.74) is 2.72. The molecule has 4 aromatic rings. The van der Waals surface area contributed by atoms with Crippen LogP contribution in [0.5, 0.6) is 0 Å². The van der Waals surface area contributed by atoms with Crippen molar-refractivity contribution in [2.75, 3.05) is 0 Å². The number of furan rings is 1. The fourth-order valence-corrected chi connectivity index (χ4v) is 4.51. The lowest BCUT2D eigenvalue weighted by Gasteiger charge is -2.01. The number of tetrazole rings is 1. The van der Waals surface area contributed by atoms with E-state index in [0.29, 0.717) is 26.1 Å². The van der Waals surface area contributed by atoms with Gasteiger partial charge in [0, 0.05) is 6.08 Å². The van der Waals surface area contributed by atoms with Crippen molar-refractivity contribution in [3.8, 4) is 5.69 Å². The third-order valence-corrected chi connectivity index (χ3v) is 6.26. The maximum Gasteiger partial charge on any atom is 0.264 e. The van der Waals surface area contributed by atoms with Gasteiger partial charge in [-0.3, -0.25) is 4.79 Å². The van der Waals surface area contributed by atoms with Crippen LogP contribution in [0.1, 0.15) is 11.3 Å². The molecule has 1 aliphatic heterocycles. The fourth-order valence-electron chi connectivity index (χ4n) is 2.94. The number of aromatic nitrogens is 4.